The molecule has 2 aromatic carbocycles. The number of sulfonamides is 1. The lowest BCUT2D eigenvalue weighted by Crippen LogP contribution is -2.54. The van der Waals surface area contributed by atoms with Crippen LogP contribution in [0.1, 0.15) is 52.0 Å². The van der Waals surface area contributed by atoms with Gasteiger partial charge in [-0.1, -0.05) is 6.07 Å². The fraction of sp³-hybridized carbons (Fsp3) is 0.414. The van der Waals surface area contributed by atoms with Gasteiger partial charge in [-0.25, -0.2) is 13.2 Å². The van der Waals surface area contributed by atoms with Crippen molar-refractivity contribution in [2.24, 2.45) is 5.73 Å². The number of hydrogen-bond acceptors (Lipinski definition) is 10. The first-order valence-corrected chi connectivity index (χ1v) is 15.7. The van der Waals surface area contributed by atoms with Crippen LogP contribution in [0.5, 0.6) is 5.75 Å². The van der Waals surface area contributed by atoms with Crippen LogP contribution in [-0.2, 0) is 30.9 Å². The molecule has 0 spiro atoms. The summed E-state index contributed by atoms with van der Waals surface area (Å²) in [5, 5.41) is 2.19. The van der Waals surface area contributed by atoms with E-state index in [1.807, 2.05) is 0 Å². The Hall–Kier alpha value is -4.34. The molecule has 4 heterocycles. The van der Waals surface area contributed by atoms with Crippen LogP contribution in [0.25, 0.3) is 0 Å². The molecule has 0 bridgehead atoms. The summed E-state index contributed by atoms with van der Waals surface area (Å²) in [7, 11) is -3.70. The minimum atomic E-state index is -3.70. The Kier molecular flexibility index (Phi) is 7.86. The molecule has 2 aromatic rings. The number of ether oxygens (including phenoxy) is 2. The number of imide groups is 2. The smallest absolute Gasteiger partial charge is 0.404 e. The Balaban J connectivity index is 1.00. The molecule has 1 unspecified atom stereocenters. The minimum Gasteiger partial charge on any atom is -0.488 e. The van der Waals surface area contributed by atoms with Crippen molar-refractivity contribution in [2.75, 3.05) is 26.2 Å². The van der Waals surface area contributed by atoms with E-state index in [1.165, 1.54) is 16.4 Å². The maximum atomic E-state index is 13.1. The number of piperidine rings is 2. The highest BCUT2D eigenvalue weighted by Crippen LogP contribution is 2.30. The summed E-state index contributed by atoms with van der Waals surface area (Å²) in [5.74, 6) is -1.61. The molecule has 6 rings (SSSR count). The highest BCUT2D eigenvalue weighted by Gasteiger charge is 2.44. The van der Waals surface area contributed by atoms with Gasteiger partial charge < -0.3 is 15.2 Å². The summed E-state index contributed by atoms with van der Waals surface area (Å²) in [6.45, 7) is 2.18. The van der Waals surface area contributed by atoms with Gasteiger partial charge in [-0.3, -0.25) is 34.3 Å². The number of fused-ring (bicyclic) bond motifs is 1. The number of hydrogen-bond donors (Lipinski definition) is 2. The van der Waals surface area contributed by atoms with Crippen LogP contribution < -0.4 is 15.8 Å². The first kappa shape index (κ1) is 29.7. The fourth-order valence-corrected chi connectivity index (χ4v) is 7.46. The zero-order chi connectivity index (χ0) is 31.2. The third-order valence-electron chi connectivity index (χ3n) is 8.28. The van der Waals surface area contributed by atoms with E-state index in [0.717, 1.165) is 10.5 Å². The first-order valence-electron chi connectivity index (χ1n) is 14.3. The average molecular weight is 626 g/mol. The number of nitrogens with two attached hydrogens (primary N) is 1. The lowest BCUT2D eigenvalue weighted by Gasteiger charge is -2.39. The quantitative estimate of drug-likeness (QED) is 0.394. The van der Waals surface area contributed by atoms with E-state index in [1.54, 1.807) is 30.3 Å². The summed E-state index contributed by atoms with van der Waals surface area (Å²) in [6, 6.07) is 10.3. The molecule has 5 amide bonds. The normalized spacial score (nSPS) is 22.0. The van der Waals surface area contributed by atoms with Crippen LogP contribution in [0.2, 0.25) is 0 Å². The largest absolute Gasteiger partial charge is 0.488 e. The maximum Gasteiger partial charge on any atom is 0.404 e. The van der Waals surface area contributed by atoms with Gasteiger partial charge >= 0.3 is 6.09 Å². The zero-order valence-electron chi connectivity index (χ0n) is 23.6. The highest BCUT2D eigenvalue weighted by molar-refractivity contribution is 7.89. The molecule has 3 fully saturated rings. The summed E-state index contributed by atoms with van der Waals surface area (Å²) in [6.07, 6.45) is -0.444. The molecule has 15 heteroatoms. The Morgan fingerprint density at radius 3 is 2.25 bits per heavy atom. The zero-order valence-corrected chi connectivity index (χ0v) is 24.5. The molecule has 4 aliphatic heterocycles. The Morgan fingerprint density at radius 2 is 1.59 bits per heavy atom. The summed E-state index contributed by atoms with van der Waals surface area (Å²) >= 11 is 0. The number of likely N-dealkylation sites (tertiary alicyclic amines) is 1. The SMILES string of the molecule is NC(=O)OC1CCN(S(=O)(=O)c2ccc(OC3CN(Cc4ccc5c(c4)C(=O)N(C4CCC(=O)NC4=O)C5=O)C3)cc2)CC1. The van der Waals surface area contributed by atoms with Crippen LogP contribution in [0.3, 0.4) is 0 Å². The van der Waals surface area contributed by atoms with E-state index in [0.29, 0.717) is 38.2 Å². The van der Waals surface area contributed by atoms with Crippen molar-refractivity contribution in [3.05, 3.63) is 59.2 Å². The van der Waals surface area contributed by atoms with Gasteiger partial charge in [0, 0.05) is 39.1 Å². The van der Waals surface area contributed by atoms with Crippen LogP contribution in [0, 0.1) is 0 Å². The topological polar surface area (TPSA) is 186 Å². The van der Waals surface area contributed by atoms with Gasteiger partial charge in [0.2, 0.25) is 21.8 Å². The van der Waals surface area contributed by atoms with E-state index in [4.69, 9.17) is 15.2 Å². The molecule has 0 saturated carbocycles. The average Bonchev–Trinajstić information content (AvgIpc) is 3.21. The minimum absolute atomic E-state index is 0.0620. The second kappa shape index (κ2) is 11.6. The van der Waals surface area contributed by atoms with Crippen molar-refractivity contribution in [2.45, 2.75) is 55.4 Å². The second-order valence-electron chi connectivity index (χ2n) is 11.3. The van der Waals surface area contributed by atoms with E-state index >= 15 is 0 Å². The highest BCUT2D eigenvalue weighted by atomic mass is 32.2. The molecule has 4 aliphatic rings. The molecule has 1 atom stereocenters. The molecular formula is C29H31N5O9S. The molecule has 3 N–H and O–H groups in total. The van der Waals surface area contributed by atoms with Crippen molar-refractivity contribution < 1.29 is 41.9 Å². The molecule has 3 saturated heterocycles. The van der Waals surface area contributed by atoms with Gasteiger partial charge in [-0.05, 0) is 61.2 Å². The third kappa shape index (κ3) is 5.77. The van der Waals surface area contributed by atoms with Crippen molar-refractivity contribution >= 4 is 39.7 Å². The van der Waals surface area contributed by atoms with Crippen LogP contribution in [0.15, 0.2) is 47.4 Å². The molecule has 44 heavy (non-hydrogen) atoms. The molecule has 0 aromatic heterocycles. The van der Waals surface area contributed by atoms with Gasteiger partial charge in [0.05, 0.1) is 16.0 Å². The number of nitrogens with zero attached hydrogens (tertiary/aromatic N) is 3. The lowest BCUT2D eigenvalue weighted by molar-refractivity contribution is -0.136. The predicted octanol–water partition coefficient (Wildman–Crippen LogP) is 0.599. The van der Waals surface area contributed by atoms with Gasteiger partial charge in [0.15, 0.2) is 0 Å². The number of nitrogens with one attached hydrogen (secondary N) is 1. The van der Waals surface area contributed by atoms with E-state index in [2.05, 4.69) is 10.2 Å². The molecule has 232 valence electrons. The number of primary amides is 1. The number of benzene rings is 2. The first-order chi connectivity index (χ1) is 21.0. The molecular weight excluding hydrogens is 594 g/mol. The second-order valence-corrected chi connectivity index (χ2v) is 13.2. The van der Waals surface area contributed by atoms with E-state index in [-0.39, 0.29) is 54.2 Å². The van der Waals surface area contributed by atoms with Crippen LogP contribution >= 0.6 is 0 Å². The van der Waals surface area contributed by atoms with Crippen molar-refractivity contribution in [1.29, 1.82) is 0 Å². The monoisotopic (exact) mass is 625 g/mol. The van der Waals surface area contributed by atoms with Crippen LogP contribution in [-0.4, -0.2) is 96.7 Å². The third-order valence-corrected chi connectivity index (χ3v) is 10.2. The number of carbonyl (C=O) groups excluding carboxylic acids is 5. The summed E-state index contributed by atoms with van der Waals surface area (Å²) < 4.78 is 38.4. The molecule has 0 radical (unpaired) electrons. The summed E-state index contributed by atoms with van der Waals surface area (Å²) in [5.41, 5.74) is 6.35. The summed E-state index contributed by atoms with van der Waals surface area (Å²) in [4.78, 5) is 63.9. The van der Waals surface area contributed by atoms with Crippen LogP contribution in [0.4, 0.5) is 4.79 Å². The van der Waals surface area contributed by atoms with Crippen molar-refractivity contribution in [3.8, 4) is 5.75 Å². The Morgan fingerprint density at radius 1 is 0.909 bits per heavy atom. The van der Waals surface area contributed by atoms with E-state index < -0.39 is 45.8 Å². The Labute approximate surface area is 253 Å². The lowest BCUT2D eigenvalue weighted by atomic mass is 10.0. The number of amides is 5. The van der Waals surface area contributed by atoms with E-state index in [9.17, 15) is 32.4 Å². The van der Waals surface area contributed by atoms with Gasteiger partial charge in [0.25, 0.3) is 11.8 Å². The predicted molar refractivity (Wildman–Crippen MR) is 152 cm³/mol. The van der Waals surface area contributed by atoms with Gasteiger partial charge in [-0.15, -0.1) is 0 Å². The maximum absolute atomic E-state index is 13.1. The van der Waals surface area contributed by atoms with Gasteiger partial charge in [0.1, 0.15) is 24.0 Å². The van der Waals surface area contributed by atoms with Crippen molar-refractivity contribution in [3.63, 3.8) is 0 Å². The standard InChI is InChI=1S/C29H31N5O9S/c30-29(39)43-19-9-11-33(12-10-19)44(40,41)21-4-2-18(3-5-21)42-20-15-32(16-20)14-17-1-6-22-23(13-17)28(38)34(27(22)37)24-7-8-25(35)31-26(24)36/h1-6,13,19-20,24H,7-12,14-16H2,(H2,30,39)(H,31,35,36). The number of carbonyl (C=O) groups is 5. The Bertz CT molecular complexity index is 1630. The molecule has 0 aliphatic carbocycles. The fourth-order valence-electron chi connectivity index (χ4n) is 5.99. The number of rotatable bonds is 8. The van der Waals surface area contributed by atoms with Gasteiger partial charge in [-0.2, -0.15) is 4.31 Å². The van der Waals surface area contributed by atoms with Crippen molar-refractivity contribution in [1.82, 2.24) is 19.4 Å². The molecule has 14 nitrogen and oxygen atoms in total.